The predicted molar refractivity (Wildman–Crippen MR) is 129 cm³/mol. The highest BCUT2D eigenvalue weighted by Crippen LogP contribution is 2.31. The normalized spacial score (nSPS) is 16.1. The fourth-order valence-corrected chi connectivity index (χ4v) is 6.19. The summed E-state index contributed by atoms with van der Waals surface area (Å²) in [6, 6.07) is 17.8. The van der Waals surface area contributed by atoms with Crippen molar-refractivity contribution in [2.75, 3.05) is 5.32 Å². The lowest BCUT2D eigenvalue weighted by atomic mass is 9.85. The van der Waals surface area contributed by atoms with Crippen LogP contribution in [0.4, 0.5) is 5.69 Å². The minimum Gasteiger partial charge on any atom is -0.321 e. The number of hydrogen-bond acceptors (Lipinski definition) is 3. The minimum absolute atomic E-state index is 0.112. The van der Waals surface area contributed by atoms with E-state index in [0.717, 1.165) is 31.2 Å². The number of aryl methyl sites for hydroxylation is 1. The molecule has 168 valence electrons. The average molecular weight is 451 g/mol. The Morgan fingerprint density at radius 2 is 1.56 bits per heavy atom. The maximum atomic E-state index is 13.3. The number of rotatable bonds is 6. The highest BCUT2D eigenvalue weighted by atomic mass is 32.2. The molecular weight excluding hydrogens is 420 g/mol. The van der Waals surface area contributed by atoms with E-state index in [0.29, 0.717) is 27.9 Å². The maximum absolute atomic E-state index is 13.3. The Labute approximate surface area is 190 Å². The lowest BCUT2D eigenvalue weighted by Gasteiger charge is -2.28. The summed E-state index contributed by atoms with van der Waals surface area (Å²) in [5, 5.41) is 4.25. The summed E-state index contributed by atoms with van der Waals surface area (Å²) in [7, 11) is -3.70. The molecule has 3 aromatic carbocycles. The molecule has 1 aliphatic rings. The molecule has 0 saturated heterocycles. The smallest absolute Gasteiger partial charge is 0.255 e. The zero-order valence-corrected chi connectivity index (χ0v) is 19.4. The Hall–Kier alpha value is -2.70. The monoisotopic (exact) mass is 450 g/mol. The first-order valence-corrected chi connectivity index (χ1v) is 12.8. The van der Waals surface area contributed by atoms with Crippen LogP contribution >= 0.6 is 0 Å². The van der Waals surface area contributed by atoms with Crippen molar-refractivity contribution in [2.45, 2.75) is 56.9 Å². The number of hydrogen-bond donors (Lipinski definition) is 2. The van der Waals surface area contributed by atoms with E-state index in [1.165, 1.54) is 6.42 Å². The van der Waals surface area contributed by atoms with Crippen LogP contribution in [0.15, 0.2) is 65.6 Å². The topological polar surface area (TPSA) is 75.3 Å². The summed E-state index contributed by atoms with van der Waals surface area (Å²) < 4.78 is 29.5. The molecule has 0 spiro atoms. The van der Waals surface area contributed by atoms with Crippen LogP contribution < -0.4 is 10.0 Å². The van der Waals surface area contributed by atoms with Crippen molar-refractivity contribution in [1.82, 2.24) is 4.72 Å². The van der Waals surface area contributed by atoms with Gasteiger partial charge in [0.2, 0.25) is 10.0 Å². The van der Waals surface area contributed by atoms with Crippen molar-refractivity contribution in [3.05, 3.63) is 71.8 Å². The Kier molecular flexibility index (Phi) is 6.63. The number of anilines is 1. The van der Waals surface area contributed by atoms with Crippen molar-refractivity contribution in [2.24, 2.45) is 5.92 Å². The molecule has 0 aliphatic heterocycles. The van der Waals surface area contributed by atoms with Gasteiger partial charge in [-0.15, -0.1) is 0 Å². The summed E-state index contributed by atoms with van der Waals surface area (Å²) in [6.07, 6.45) is 5.68. The van der Waals surface area contributed by atoms with Crippen LogP contribution in [-0.4, -0.2) is 20.4 Å². The van der Waals surface area contributed by atoms with E-state index in [9.17, 15) is 13.2 Å². The molecule has 0 bridgehead atoms. The quantitative estimate of drug-likeness (QED) is 0.510. The van der Waals surface area contributed by atoms with Gasteiger partial charge in [-0.1, -0.05) is 61.7 Å². The van der Waals surface area contributed by atoms with Gasteiger partial charge in [0.05, 0.1) is 4.90 Å². The van der Waals surface area contributed by atoms with Gasteiger partial charge in [0, 0.05) is 28.1 Å². The molecule has 1 amide bonds. The first kappa shape index (κ1) is 22.5. The molecule has 0 radical (unpaired) electrons. The highest BCUT2D eigenvalue weighted by molar-refractivity contribution is 7.89. The SMILES string of the molecule is Cc1ccccc1C(=O)Nc1ccc(S(=O)(=O)N[C@H](C)C2CCCCC2)c2ccccc12. The molecule has 0 aromatic heterocycles. The summed E-state index contributed by atoms with van der Waals surface area (Å²) in [4.78, 5) is 13.1. The Bertz CT molecular complexity index is 1230. The zero-order valence-electron chi connectivity index (χ0n) is 18.6. The number of amides is 1. The van der Waals surface area contributed by atoms with Crippen LogP contribution in [-0.2, 0) is 10.0 Å². The Balaban J connectivity index is 1.64. The molecule has 6 heteroatoms. The van der Waals surface area contributed by atoms with Crippen molar-refractivity contribution in [3.8, 4) is 0 Å². The molecule has 0 heterocycles. The van der Waals surface area contributed by atoms with Crippen molar-refractivity contribution < 1.29 is 13.2 Å². The third-order valence-corrected chi connectivity index (χ3v) is 8.13. The number of benzene rings is 3. The van der Waals surface area contributed by atoms with Gasteiger partial charge in [-0.3, -0.25) is 4.79 Å². The molecule has 3 aromatic rings. The van der Waals surface area contributed by atoms with Gasteiger partial charge >= 0.3 is 0 Å². The van der Waals surface area contributed by atoms with Crippen LogP contribution in [0.5, 0.6) is 0 Å². The number of fused-ring (bicyclic) bond motifs is 1. The number of sulfonamides is 1. The molecule has 2 N–H and O–H groups in total. The molecule has 1 aliphatic carbocycles. The fourth-order valence-electron chi connectivity index (χ4n) is 4.67. The van der Waals surface area contributed by atoms with Crippen molar-refractivity contribution >= 4 is 32.4 Å². The molecule has 1 fully saturated rings. The summed E-state index contributed by atoms with van der Waals surface area (Å²) in [6.45, 7) is 3.86. The van der Waals surface area contributed by atoms with Gasteiger partial charge in [0.15, 0.2) is 0 Å². The molecule has 1 saturated carbocycles. The van der Waals surface area contributed by atoms with Crippen molar-refractivity contribution in [1.29, 1.82) is 0 Å². The lowest BCUT2D eigenvalue weighted by molar-refractivity contribution is 0.102. The summed E-state index contributed by atoms with van der Waals surface area (Å²) in [5.74, 6) is 0.158. The van der Waals surface area contributed by atoms with E-state index in [2.05, 4.69) is 10.0 Å². The van der Waals surface area contributed by atoms with Crippen LogP contribution in [0.1, 0.15) is 54.9 Å². The van der Waals surface area contributed by atoms with Gasteiger partial charge in [0.1, 0.15) is 0 Å². The maximum Gasteiger partial charge on any atom is 0.255 e. The van der Waals surface area contributed by atoms with Gasteiger partial charge < -0.3 is 5.32 Å². The standard InChI is InChI=1S/C26H30N2O3S/c1-18-10-6-7-13-21(18)26(29)27-24-16-17-25(23-15-9-8-14-22(23)24)32(30,31)28-19(2)20-11-4-3-5-12-20/h6-10,13-17,19-20,28H,3-5,11-12H2,1-2H3,(H,27,29)/t19-/m1/s1. The first-order chi connectivity index (χ1) is 15.4. The Morgan fingerprint density at radius 3 is 2.28 bits per heavy atom. The number of nitrogens with one attached hydrogen (secondary N) is 2. The highest BCUT2D eigenvalue weighted by Gasteiger charge is 2.26. The zero-order chi connectivity index (χ0) is 22.7. The predicted octanol–water partition coefficient (Wildman–Crippen LogP) is 5.65. The third-order valence-electron chi connectivity index (χ3n) is 6.51. The van der Waals surface area contributed by atoms with Gasteiger partial charge in [-0.2, -0.15) is 0 Å². The van der Waals surface area contributed by atoms with E-state index < -0.39 is 10.0 Å². The van der Waals surface area contributed by atoms with Gasteiger partial charge in [-0.05, 0) is 56.4 Å². The third kappa shape index (κ3) is 4.71. The summed E-state index contributed by atoms with van der Waals surface area (Å²) >= 11 is 0. The molecule has 32 heavy (non-hydrogen) atoms. The largest absolute Gasteiger partial charge is 0.321 e. The van der Waals surface area contributed by atoms with E-state index in [-0.39, 0.29) is 16.8 Å². The molecular formula is C26H30N2O3S. The fraction of sp³-hybridized carbons (Fsp3) is 0.346. The molecule has 1 atom stereocenters. The number of carbonyl (C=O) groups is 1. The van der Waals surface area contributed by atoms with Gasteiger partial charge in [0.25, 0.3) is 5.91 Å². The lowest BCUT2D eigenvalue weighted by Crippen LogP contribution is -2.38. The molecule has 0 unspecified atom stereocenters. The Morgan fingerprint density at radius 1 is 0.906 bits per heavy atom. The molecule has 5 nitrogen and oxygen atoms in total. The summed E-state index contributed by atoms with van der Waals surface area (Å²) in [5.41, 5.74) is 2.07. The second-order valence-corrected chi connectivity index (χ2v) is 10.4. The van der Waals surface area contributed by atoms with Crippen LogP contribution in [0, 0.1) is 12.8 Å². The average Bonchev–Trinajstić information content (AvgIpc) is 2.79. The number of carbonyl (C=O) groups excluding carboxylic acids is 1. The molecule has 4 rings (SSSR count). The van der Waals surface area contributed by atoms with Crippen LogP contribution in [0.25, 0.3) is 10.8 Å². The van der Waals surface area contributed by atoms with E-state index in [4.69, 9.17) is 0 Å². The first-order valence-electron chi connectivity index (χ1n) is 11.3. The second-order valence-electron chi connectivity index (χ2n) is 8.73. The van der Waals surface area contributed by atoms with Gasteiger partial charge in [-0.25, -0.2) is 13.1 Å². The second kappa shape index (κ2) is 9.43. The van der Waals surface area contributed by atoms with Crippen molar-refractivity contribution in [3.63, 3.8) is 0 Å². The van der Waals surface area contributed by atoms with E-state index in [1.807, 2.05) is 50.2 Å². The van der Waals surface area contributed by atoms with E-state index >= 15 is 0 Å². The van der Waals surface area contributed by atoms with Crippen LogP contribution in [0.3, 0.4) is 0 Å². The van der Waals surface area contributed by atoms with Crippen LogP contribution in [0.2, 0.25) is 0 Å². The van der Waals surface area contributed by atoms with E-state index in [1.54, 1.807) is 24.3 Å². The minimum atomic E-state index is -3.70.